The molecule has 0 aromatic heterocycles. The quantitative estimate of drug-likeness (QED) is 0.786. The van der Waals surface area contributed by atoms with Gasteiger partial charge in [-0.2, -0.15) is 0 Å². The third kappa shape index (κ3) is 4.36. The van der Waals surface area contributed by atoms with E-state index in [2.05, 4.69) is 4.72 Å². The minimum absolute atomic E-state index is 0.0805. The maximum Gasteiger partial charge on any atom is 0.214 e. The highest BCUT2D eigenvalue weighted by atomic mass is 32.2. The Bertz CT molecular complexity index is 696. The van der Waals surface area contributed by atoms with E-state index in [0.717, 1.165) is 0 Å². The van der Waals surface area contributed by atoms with Gasteiger partial charge in [0.1, 0.15) is 9.84 Å². The van der Waals surface area contributed by atoms with E-state index in [1.165, 1.54) is 0 Å². The number of hydrogen-bond donors (Lipinski definition) is 1. The van der Waals surface area contributed by atoms with Gasteiger partial charge in [-0.25, -0.2) is 21.6 Å². The van der Waals surface area contributed by atoms with Crippen molar-refractivity contribution in [3.05, 3.63) is 35.9 Å². The zero-order chi connectivity index (χ0) is 15.5. The van der Waals surface area contributed by atoms with E-state index >= 15 is 0 Å². The SMILES string of the molecule is O=C(CNS(=O)(=O)C1CCS(=O)(=O)CC1)c1ccccc1. The lowest BCUT2D eigenvalue weighted by Crippen LogP contribution is -2.41. The van der Waals surface area contributed by atoms with Crippen LogP contribution in [0.2, 0.25) is 0 Å². The maximum absolute atomic E-state index is 12.1. The summed E-state index contributed by atoms with van der Waals surface area (Å²) in [6, 6.07) is 8.40. The van der Waals surface area contributed by atoms with Crippen LogP contribution in [0.25, 0.3) is 0 Å². The number of Topliss-reactive ketones (excluding diaryl/α,β-unsaturated/α-hetero) is 1. The topological polar surface area (TPSA) is 97.4 Å². The fraction of sp³-hybridized carbons (Fsp3) is 0.462. The molecule has 0 aliphatic carbocycles. The Morgan fingerprint density at radius 2 is 1.71 bits per heavy atom. The minimum Gasteiger partial charge on any atom is -0.293 e. The predicted octanol–water partition coefficient (Wildman–Crippen LogP) is 0.366. The zero-order valence-corrected chi connectivity index (χ0v) is 13.0. The van der Waals surface area contributed by atoms with Crippen molar-refractivity contribution >= 4 is 25.6 Å². The molecule has 0 radical (unpaired) electrons. The van der Waals surface area contributed by atoms with Crippen molar-refractivity contribution in [2.75, 3.05) is 18.1 Å². The molecule has 21 heavy (non-hydrogen) atoms. The molecule has 0 atom stereocenters. The lowest BCUT2D eigenvalue weighted by molar-refractivity contribution is 0.0997. The van der Waals surface area contributed by atoms with Gasteiger partial charge in [0.2, 0.25) is 10.0 Å². The van der Waals surface area contributed by atoms with E-state index in [0.29, 0.717) is 5.56 Å². The van der Waals surface area contributed by atoms with Crippen LogP contribution in [0.1, 0.15) is 23.2 Å². The van der Waals surface area contributed by atoms with E-state index < -0.39 is 25.1 Å². The van der Waals surface area contributed by atoms with Crippen LogP contribution in [-0.2, 0) is 19.9 Å². The fourth-order valence-corrected chi connectivity index (χ4v) is 5.40. The van der Waals surface area contributed by atoms with Crippen molar-refractivity contribution in [3.63, 3.8) is 0 Å². The number of carbonyl (C=O) groups excluding carboxylic acids is 1. The first-order chi connectivity index (χ1) is 9.80. The third-order valence-corrected chi connectivity index (χ3v) is 7.08. The zero-order valence-electron chi connectivity index (χ0n) is 11.4. The molecule has 116 valence electrons. The van der Waals surface area contributed by atoms with Crippen LogP contribution in [0.4, 0.5) is 0 Å². The van der Waals surface area contributed by atoms with Gasteiger partial charge < -0.3 is 0 Å². The van der Waals surface area contributed by atoms with Gasteiger partial charge in [0, 0.05) is 5.56 Å². The van der Waals surface area contributed by atoms with Crippen LogP contribution in [-0.4, -0.2) is 45.9 Å². The van der Waals surface area contributed by atoms with Crippen molar-refractivity contribution in [2.45, 2.75) is 18.1 Å². The molecule has 0 bridgehead atoms. The van der Waals surface area contributed by atoms with Crippen LogP contribution in [0.15, 0.2) is 30.3 Å². The fourth-order valence-electron chi connectivity index (χ4n) is 2.19. The van der Waals surface area contributed by atoms with Gasteiger partial charge in [-0.3, -0.25) is 4.79 Å². The summed E-state index contributed by atoms with van der Waals surface area (Å²) < 4.78 is 49.0. The third-order valence-electron chi connectivity index (χ3n) is 3.47. The molecule has 0 saturated carbocycles. The molecule has 1 saturated heterocycles. The number of benzene rings is 1. The molecule has 1 fully saturated rings. The largest absolute Gasteiger partial charge is 0.293 e. The Balaban J connectivity index is 1.95. The maximum atomic E-state index is 12.1. The van der Waals surface area contributed by atoms with E-state index in [-0.39, 0.29) is 36.7 Å². The molecule has 1 aliphatic heterocycles. The second kappa shape index (κ2) is 6.25. The Morgan fingerprint density at radius 1 is 1.14 bits per heavy atom. The highest BCUT2D eigenvalue weighted by molar-refractivity contribution is 7.92. The molecular formula is C13H17NO5S2. The summed E-state index contributed by atoms with van der Waals surface area (Å²) in [5, 5.41) is -0.746. The summed E-state index contributed by atoms with van der Waals surface area (Å²) in [5.74, 6) is -0.557. The summed E-state index contributed by atoms with van der Waals surface area (Å²) >= 11 is 0. The molecule has 6 nitrogen and oxygen atoms in total. The molecule has 2 rings (SSSR count). The van der Waals surface area contributed by atoms with E-state index in [4.69, 9.17) is 0 Å². The van der Waals surface area contributed by atoms with Crippen LogP contribution < -0.4 is 4.72 Å². The van der Waals surface area contributed by atoms with Gasteiger partial charge in [-0.15, -0.1) is 0 Å². The second-order valence-corrected chi connectivity index (χ2v) is 9.36. The summed E-state index contributed by atoms with van der Waals surface area (Å²) in [4.78, 5) is 11.9. The molecular weight excluding hydrogens is 314 g/mol. The monoisotopic (exact) mass is 331 g/mol. The molecule has 1 N–H and O–H groups in total. The van der Waals surface area contributed by atoms with Crippen molar-refractivity contribution in [1.82, 2.24) is 4.72 Å². The molecule has 0 unspecified atom stereocenters. The van der Waals surface area contributed by atoms with Gasteiger partial charge in [0.25, 0.3) is 0 Å². The van der Waals surface area contributed by atoms with E-state index in [9.17, 15) is 21.6 Å². The Kier molecular flexibility index (Phi) is 4.80. The molecule has 0 spiro atoms. The lowest BCUT2D eigenvalue weighted by Gasteiger charge is -2.22. The van der Waals surface area contributed by atoms with Crippen molar-refractivity contribution < 1.29 is 21.6 Å². The first-order valence-corrected chi connectivity index (χ1v) is 9.94. The average Bonchev–Trinajstić information content (AvgIpc) is 2.45. The van der Waals surface area contributed by atoms with Crippen molar-refractivity contribution in [3.8, 4) is 0 Å². The summed E-state index contributed by atoms with van der Waals surface area (Å²) in [6.07, 6.45) is 0.161. The summed E-state index contributed by atoms with van der Waals surface area (Å²) in [7, 11) is -6.78. The van der Waals surface area contributed by atoms with Crippen molar-refractivity contribution in [2.24, 2.45) is 0 Å². The van der Waals surface area contributed by atoms with Crippen LogP contribution in [0, 0.1) is 0 Å². The summed E-state index contributed by atoms with van der Waals surface area (Å²) in [6.45, 7) is -0.310. The standard InChI is InChI=1S/C13H17NO5S2/c15-13(11-4-2-1-3-5-11)10-14-21(18,19)12-6-8-20(16,17)9-7-12/h1-5,12,14H,6-10H2. The molecule has 1 aliphatic rings. The highest BCUT2D eigenvalue weighted by Crippen LogP contribution is 2.18. The van der Waals surface area contributed by atoms with Gasteiger partial charge in [-0.1, -0.05) is 30.3 Å². The van der Waals surface area contributed by atoms with Crippen LogP contribution in [0.3, 0.4) is 0 Å². The van der Waals surface area contributed by atoms with Gasteiger partial charge in [0.05, 0.1) is 23.3 Å². The second-order valence-electron chi connectivity index (χ2n) is 5.01. The van der Waals surface area contributed by atoms with Crippen LogP contribution >= 0.6 is 0 Å². The number of rotatable bonds is 5. The Labute approximate surface area is 124 Å². The van der Waals surface area contributed by atoms with E-state index in [1.807, 2.05) is 0 Å². The van der Waals surface area contributed by atoms with Crippen LogP contribution in [0.5, 0.6) is 0 Å². The minimum atomic E-state index is -3.67. The Hall–Kier alpha value is -1.25. The van der Waals surface area contributed by atoms with Gasteiger partial charge in [0.15, 0.2) is 5.78 Å². The Morgan fingerprint density at radius 3 is 2.29 bits per heavy atom. The van der Waals surface area contributed by atoms with Gasteiger partial charge in [-0.05, 0) is 12.8 Å². The number of nitrogens with one attached hydrogen (secondary N) is 1. The number of carbonyl (C=O) groups is 1. The predicted molar refractivity (Wildman–Crippen MR) is 79.4 cm³/mol. The number of ketones is 1. The van der Waals surface area contributed by atoms with Crippen molar-refractivity contribution in [1.29, 1.82) is 0 Å². The molecule has 1 aromatic carbocycles. The molecule has 8 heteroatoms. The normalized spacial score (nSPS) is 19.2. The van der Waals surface area contributed by atoms with E-state index in [1.54, 1.807) is 30.3 Å². The molecule has 1 heterocycles. The van der Waals surface area contributed by atoms with Gasteiger partial charge >= 0.3 is 0 Å². The first kappa shape index (κ1) is 16.1. The molecule has 1 aromatic rings. The first-order valence-electron chi connectivity index (χ1n) is 6.57. The number of sulfone groups is 1. The molecule has 0 amide bonds. The highest BCUT2D eigenvalue weighted by Gasteiger charge is 2.32. The number of hydrogen-bond acceptors (Lipinski definition) is 5. The summed E-state index contributed by atoms with van der Waals surface area (Å²) in [5.41, 5.74) is 0.437. The number of sulfonamides is 1. The average molecular weight is 331 g/mol. The lowest BCUT2D eigenvalue weighted by atomic mass is 10.1. The smallest absolute Gasteiger partial charge is 0.214 e.